The lowest BCUT2D eigenvalue weighted by atomic mass is 10.1. The quantitative estimate of drug-likeness (QED) is 0.912. The Hall–Kier alpha value is -0.360. The summed E-state index contributed by atoms with van der Waals surface area (Å²) in [4.78, 5) is 10.2. The molecule has 17 heavy (non-hydrogen) atoms. The van der Waals surface area contributed by atoms with Crippen LogP contribution in [-0.4, -0.2) is 48.0 Å². The zero-order valence-corrected chi connectivity index (χ0v) is 12.1. The second-order valence-electron chi connectivity index (χ2n) is 4.66. The fourth-order valence-corrected chi connectivity index (χ4v) is 2.94. The first-order chi connectivity index (χ1) is 7.65. The molecule has 1 fully saturated rings. The van der Waals surface area contributed by atoms with Gasteiger partial charge in [0, 0.05) is 30.2 Å². The third-order valence-electron chi connectivity index (χ3n) is 3.16. The number of nitrogen functional groups attached to an aromatic ring is 1. The molecule has 4 nitrogen and oxygen atoms in total. The minimum atomic E-state index is 0. The summed E-state index contributed by atoms with van der Waals surface area (Å²) in [5.41, 5.74) is 5.64. The van der Waals surface area contributed by atoms with Crippen molar-refractivity contribution < 1.29 is 0 Å². The highest BCUT2D eigenvalue weighted by molar-refractivity contribution is 7.15. The number of nitrogens with zero attached hydrogens (tertiary/aromatic N) is 3. The van der Waals surface area contributed by atoms with Crippen molar-refractivity contribution in [3.63, 3.8) is 0 Å². The first-order valence-corrected chi connectivity index (χ1v) is 6.56. The first-order valence-electron chi connectivity index (χ1n) is 5.74. The van der Waals surface area contributed by atoms with Crippen molar-refractivity contribution in [2.45, 2.75) is 25.4 Å². The summed E-state index contributed by atoms with van der Waals surface area (Å²) in [5.74, 6) is 0. The van der Waals surface area contributed by atoms with Gasteiger partial charge in [0.05, 0.1) is 0 Å². The topological polar surface area (TPSA) is 45.4 Å². The minimum Gasteiger partial charge on any atom is -0.375 e. The molecular weight excluding hydrogens is 256 g/mol. The first kappa shape index (κ1) is 14.7. The molecule has 1 atom stereocenters. The van der Waals surface area contributed by atoms with Gasteiger partial charge in [0.15, 0.2) is 5.13 Å². The van der Waals surface area contributed by atoms with Gasteiger partial charge in [-0.25, -0.2) is 4.98 Å². The van der Waals surface area contributed by atoms with Crippen molar-refractivity contribution in [2.75, 3.05) is 32.9 Å². The highest BCUT2D eigenvalue weighted by atomic mass is 35.5. The number of likely N-dealkylation sites (N-methyl/N-ethyl adjacent to an activating group) is 1. The highest BCUT2D eigenvalue weighted by Gasteiger charge is 2.21. The standard InChI is InChI=1S/C11H20N4S.ClH/c1-14(2)9-4-3-5-15(7-9)8-10-6-13-11(12)16-10;/h6,9H,3-5,7-8H2,1-2H3,(H2,12,13);1H. The Morgan fingerprint density at radius 1 is 1.59 bits per heavy atom. The summed E-state index contributed by atoms with van der Waals surface area (Å²) in [7, 11) is 4.33. The molecule has 98 valence electrons. The third kappa shape index (κ3) is 4.10. The molecule has 1 unspecified atom stereocenters. The Morgan fingerprint density at radius 2 is 2.35 bits per heavy atom. The normalized spacial score (nSPS) is 21.5. The van der Waals surface area contributed by atoms with Crippen LogP contribution in [-0.2, 0) is 6.54 Å². The molecule has 0 saturated carbocycles. The van der Waals surface area contributed by atoms with Crippen LogP contribution in [0, 0.1) is 0 Å². The molecule has 1 aliphatic heterocycles. The van der Waals surface area contributed by atoms with Crippen LogP contribution in [0.25, 0.3) is 0 Å². The molecule has 2 rings (SSSR count). The van der Waals surface area contributed by atoms with E-state index in [0.29, 0.717) is 11.2 Å². The average molecular weight is 277 g/mol. The van der Waals surface area contributed by atoms with Crippen LogP contribution >= 0.6 is 23.7 Å². The van der Waals surface area contributed by atoms with Crippen molar-refractivity contribution in [1.82, 2.24) is 14.8 Å². The summed E-state index contributed by atoms with van der Waals surface area (Å²) in [6, 6.07) is 0.694. The number of hydrogen-bond acceptors (Lipinski definition) is 5. The van der Waals surface area contributed by atoms with Crippen molar-refractivity contribution in [1.29, 1.82) is 0 Å². The molecule has 0 radical (unpaired) electrons. The predicted octanol–water partition coefficient (Wildman–Crippen LogP) is 1.67. The second kappa shape index (κ2) is 6.54. The molecular formula is C11H21ClN4S. The number of likely N-dealkylation sites (tertiary alicyclic amines) is 1. The summed E-state index contributed by atoms with van der Waals surface area (Å²) in [6.45, 7) is 3.35. The maximum Gasteiger partial charge on any atom is 0.180 e. The number of aromatic nitrogens is 1. The number of thiazole rings is 1. The van der Waals surface area contributed by atoms with E-state index in [0.717, 1.165) is 13.1 Å². The zero-order valence-electron chi connectivity index (χ0n) is 10.4. The van der Waals surface area contributed by atoms with Crippen LogP contribution in [0.4, 0.5) is 5.13 Å². The van der Waals surface area contributed by atoms with Crippen molar-refractivity contribution in [2.24, 2.45) is 0 Å². The number of rotatable bonds is 3. The molecule has 1 aromatic rings. The van der Waals surface area contributed by atoms with Gasteiger partial charge in [0.1, 0.15) is 0 Å². The summed E-state index contributed by atoms with van der Waals surface area (Å²) in [6.07, 6.45) is 4.50. The number of nitrogens with two attached hydrogens (primary N) is 1. The van der Waals surface area contributed by atoms with Crippen LogP contribution in [0.15, 0.2) is 6.20 Å². The van der Waals surface area contributed by atoms with Gasteiger partial charge in [-0.3, -0.25) is 4.90 Å². The molecule has 0 amide bonds. The number of piperidine rings is 1. The molecule has 1 aliphatic rings. The van der Waals surface area contributed by atoms with E-state index in [1.54, 1.807) is 11.3 Å². The van der Waals surface area contributed by atoms with Crippen molar-refractivity contribution >= 4 is 28.9 Å². The van der Waals surface area contributed by atoms with Crippen LogP contribution in [0.2, 0.25) is 0 Å². The second-order valence-corrected chi connectivity index (χ2v) is 5.81. The molecule has 6 heteroatoms. The Kier molecular flexibility index (Phi) is 5.66. The maximum absolute atomic E-state index is 5.64. The molecule has 1 aromatic heterocycles. The van der Waals surface area contributed by atoms with Crippen LogP contribution < -0.4 is 5.73 Å². The highest BCUT2D eigenvalue weighted by Crippen LogP contribution is 2.20. The van der Waals surface area contributed by atoms with E-state index >= 15 is 0 Å². The minimum absolute atomic E-state index is 0. The fraction of sp³-hybridized carbons (Fsp3) is 0.727. The van der Waals surface area contributed by atoms with Crippen LogP contribution in [0.3, 0.4) is 0 Å². The van der Waals surface area contributed by atoms with E-state index in [2.05, 4.69) is 28.9 Å². The third-order valence-corrected chi connectivity index (χ3v) is 3.97. The van der Waals surface area contributed by atoms with Crippen molar-refractivity contribution in [3.05, 3.63) is 11.1 Å². The lowest BCUT2D eigenvalue weighted by Gasteiger charge is -2.35. The van der Waals surface area contributed by atoms with Gasteiger partial charge in [-0.2, -0.15) is 0 Å². The Morgan fingerprint density at radius 3 is 2.94 bits per heavy atom. The van der Waals surface area contributed by atoms with Gasteiger partial charge in [-0.05, 0) is 33.5 Å². The molecule has 0 aromatic carbocycles. The smallest absolute Gasteiger partial charge is 0.180 e. The summed E-state index contributed by atoms with van der Waals surface area (Å²) >= 11 is 1.60. The fourth-order valence-electron chi connectivity index (χ4n) is 2.21. The summed E-state index contributed by atoms with van der Waals surface area (Å²) in [5, 5.41) is 0.677. The van der Waals surface area contributed by atoms with E-state index in [1.165, 1.54) is 24.3 Å². The van der Waals surface area contributed by atoms with Crippen LogP contribution in [0.1, 0.15) is 17.7 Å². The number of halogens is 1. The Labute approximate surface area is 113 Å². The van der Waals surface area contributed by atoms with Gasteiger partial charge in [-0.1, -0.05) is 0 Å². The van der Waals surface area contributed by atoms with E-state index in [9.17, 15) is 0 Å². The lowest BCUT2D eigenvalue weighted by molar-refractivity contribution is 0.128. The molecule has 2 N–H and O–H groups in total. The molecule has 1 saturated heterocycles. The molecule has 0 bridgehead atoms. The van der Waals surface area contributed by atoms with E-state index in [4.69, 9.17) is 5.73 Å². The number of hydrogen-bond donors (Lipinski definition) is 1. The molecule has 2 heterocycles. The largest absolute Gasteiger partial charge is 0.375 e. The van der Waals surface area contributed by atoms with Gasteiger partial charge >= 0.3 is 0 Å². The molecule has 0 spiro atoms. The van der Waals surface area contributed by atoms with E-state index in [-0.39, 0.29) is 12.4 Å². The van der Waals surface area contributed by atoms with Gasteiger partial charge in [-0.15, -0.1) is 23.7 Å². The van der Waals surface area contributed by atoms with E-state index < -0.39 is 0 Å². The monoisotopic (exact) mass is 276 g/mol. The average Bonchev–Trinajstić information content (AvgIpc) is 2.64. The van der Waals surface area contributed by atoms with Crippen LogP contribution in [0.5, 0.6) is 0 Å². The predicted molar refractivity (Wildman–Crippen MR) is 75.8 cm³/mol. The van der Waals surface area contributed by atoms with E-state index in [1.807, 2.05) is 6.20 Å². The summed E-state index contributed by atoms with van der Waals surface area (Å²) < 4.78 is 0. The zero-order chi connectivity index (χ0) is 11.5. The van der Waals surface area contributed by atoms with Gasteiger partial charge in [0.2, 0.25) is 0 Å². The van der Waals surface area contributed by atoms with Gasteiger partial charge < -0.3 is 10.6 Å². The lowest BCUT2D eigenvalue weighted by Crippen LogP contribution is -2.44. The maximum atomic E-state index is 5.64. The van der Waals surface area contributed by atoms with Gasteiger partial charge in [0.25, 0.3) is 0 Å². The Bertz CT molecular complexity index is 342. The molecule has 0 aliphatic carbocycles. The Balaban J connectivity index is 0.00000144. The van der Waals surface area contributed by atoms with Crippen molar-refractivity contribution in [3.8, 4) is 0 Å². The SMILES string of the molecule is CN(C)C1CCCN(Cc2cnc(N)s2)C1.Cl. The number of anilines is 1.